The lowest BCUT2D eigenvalue weighted by atomic mass is 9.71. The molecule has 152 valence electrons. The molecule has 1 aliphatic carbocycles. The summed E-state index contributed by atoms with van der Waals surface area (Å²) in [6.07, 6.45) is 3.99. The number of fused-ring (bicyclic) bond motifs is 1. The molecule has 0 spiro atoms. The van der Waals surface area contributed by atoms with Gasteiger partial charge in [-0.25, -0.2) is 0 Å². The smallest absolute Gasteiger partial charge is 0.174 e. The second-order valence-corrected chi connectivity index (χ2v) is 8.66. The lowest BCUT2D eigenvalue weighted by Crippen LogP contribution is -2.25. The van der Waals surface area contributed by atoms with Crippen LogP contribution in [-0.4, -0.2) is 16.0 Å². The number of phenols is 2. The second kappa shape index (κ2) is 7.58. The van der Waals surface area contributed by atoms with Crippen molar-refractivity contribution in [3.05, 3.63) is 64.7 Å². The molecule has 4 rings (SSSR count). The van der Waals surface area contributed by atoms with Crippen LogP contribution in [0.3, 0.4) is 0 Å². The molecule has 0 radical (unpaired) electrons. The van der Waals surface area contributed by atoms with Crippen LogP contribution in [0.15, 0.2) is 48.0 Å². The highest BCUT2D eigenvalue weighted by Crippen LogP contribution is 2.52. The van der Waals surface area contributed by atoms with E-state index in [9.17, 15) is 15.0 Å². The summed E-state index contributed by atoms with van der Waals surface area (Å²) < 4.78 is 6.33. The Morgan fingerprint density at radius 3 is 2.52 bits per heavy atom. The second-order valence-electron chi connectivity index (χ2n) is 8.66. The Bertz CT molecular complexity index is 959. The minimum Gasteiger partial charge on any atom is -0.507 e. The van der Waals surface area contributed by atoms with Gasteiger partial charge in [0.2, 0.25) is 0 Å². The fourth-order valence-electron chi connectivity index (χ4n) is 4.80. The molecule has 1 aliphatic heterocycles. The fourth-order valence-corrected chi connectivity index (χ4v) is 4.80. The summed E-state index contributed by atoms with van der Waals surface area (Å²) in [6.45, 7) is 6.48. The number of rotatable bonds is 3. The monoisotopic (exact) mass is 392 g/mol. The maximum atomic E-state index is 13.0. The third-order valence-corrected chi connectivity index (χ3v) is 6.35. The van der Waals surface area contributed by atoms with Gasteiger partial charge in [-0.1, -0.05) is 55.8 Å². The Hall–Kier alpha value is -2.75. The molecule has 0 bridgehead atoms. The predicted molar refractivity (Wildman–Crippen MR) is 113 cm³/mol. The number of carbonyl (C=O) groups is 1. The summed E-state index contributed by atoms with van der Waals surface area (Å²) >= 11 is 0. The number of ketones is 1. The standard InChI is InChI=1S/C25H28O4/c1-14(2)17-10-9-15(3)11-18(17)23-19(26)12-20(27)24-21(28)13-22(29-25(23)24)16-7-5-4-6-8-16/h4-8,11-12,14,17-18,22,26-27H,9-10,13H2,1-3H3/t17-,18-,22-/m1/s1. The topological polar surface area (TPSA) is 66.8 Å². The molecular formula is C25H28O4. The average Bonchev–Trinajstić information content (AvgIpc) is 2.67. The number of allylic oxidation sites excluding steroid dienone is 2. The summed E-state index contributed by atoms with van der Waals surface area (Å²) in [6, 6.07) is 10.9. The van der Waals surface area contributed by atoms with Crippen molar-refractivity contribution < 1.29 is 19.7 Å². The van der Waals surface area contributed by atoms with Gasteiger partial charge in [0, 0.05) is 17.5 Å². The zero-order valence-electron chi connectivity index (χ0n) is 17.2. The Labute approximate surface area is 171 Å². The highest BCUT2D eigenvalue weighted by atomic mass is 16.5. The zero-order chi connectivity index (χ0) is 20.7. The highest BCUT2D eigenvalue weighted by Gasteiger charge is 2.38. The zero-order valence-corrected chi connectivity index (χ0v) is 17.2. The van der Waals surface area contributed by atoms with E-state index in [4.69, 9.17) is 4.74 Å². The van der Waals surface area contributed by atoms with Gasteiger partial charge in [0.1, 0.15) is 28.9 Å². The van der Waals surface area contributed by atoms with E-state index in [0.717, 1.165) is 18.4 Å². The van der Waals surface area contributed by atoms with Crippen LogP contribution in [0.5, 0.6) is 17.2 Å². The van der Waals surface area contributed by atoms with Gasteiger partial charge in [-0.15, -0.1) is 0 Å². The van der Waals surface area contributed by atoms with Gasteiger partial charge in [-0.3, -0.25) is 4.79 Å². The third kappa shape index (κ3) is 3.52. The van der Waals surface area contributed by atoms with Crippen LogP contribution in [-0.2, 0) is 0 Å². The Morgan fingerprint density at radius 2 is 1.83 bits per heavy atom. The third-order valence-electron chi connectivity index (χ3n) is 6.35. The SMILES string of the molecule is CC1=C[C@@H](c2c(O)cc(O)c3c2O[C@@H](c2ccccc2)CC3=O)[C@@H](C(C)C)CC1. The summed E-state index contributed by atoms with van der Waals surface area (Å²) in [7, 11) is 0. The number of phenolic OH excluding ortho intramolecular Hbond substituents is 2. The van der Waals surface area contributed by atoms with E-state index < -0.39 is 6.10 Å². The number of Topliss-reactive ketones (excluding diaryl/α,β-unsaturated/α-hetero) is 1. The van der Waals surface area contributed by atoms with Crippen LogP contribution < -0.4 is 4.74 Å². The molecule has 2 N–H and O–H groups in total. The Balaban J connectivity index is 1.88. The number of carbonyl (C=O) groups excluding carboxylic acids is 1. The maximum absolute atomic E-state index is 13.0. The van der Waals surface area contributed by atoms with Gasteiger partial charge in [0.05, 0.1) is 6.42 Å². The molecule has 2 aromatic rings. The van der Waals surface area contributed by atoms with Crippen molar-refractivity contribution in [2.45, 2.75) is 52.1 Å². The molecule has 1 heterocycles. The van der Waals surface area contributed by atoms with Gasteiger partial charge in [-0.05, 0) is 37.2 Å². The number of hydrogen-bond acceptors (Lipinski definition) is 4. The minimum atomic E-state index is -0.428. The van der Waals surface area contributed by atoms with Crippen LogP contribution in [0.4, 0.5) is 0 Å². The van der Waals surface area contributed by atoms with Crippen molar-refractivity contribution in [1.29, 1.82) is 0 Å². The van der Waals surface area contributed by atoms with Crippen molar-refractivity contribution in [2.24, 2.45) is 11.8 Å². The summed E-state index contributed by atoms with van der Waals surface area (Å²) in [5, 5.41) is 21.3. The number of aromatic hydroxyl groups is 2. The number of benzene rings is 2. The quantitative estimate of drug-likeness (QED) is 0.638. The summed E-state index contributed by atoms with van der Waals surface area (Å²) in [5.74, 6) is 0.650. The van der Waals surface area contributed by atoms with E-state index >= 15 is 0 Å². The largest absolute Gasteiger partial charge is 0.507 e. The first-order valence-electron chi connectivity index (χ1n) is 10.4. The van der Waals surface area contributed by atoms with Crippen molar-refractivity contribution in [3.8, 4) is 17.2 Å². The molecular weight excluding hydrogens is 364 g/mol. The van der Waals surface area contributed by atoms with Crippen LogP contribution in [0, 0.1) is 11.8 Å². The lowest BCUT2D eigenvalue weighted by Gasteiger charge is -2.36. The lowest BCUT2D eigenvalue weighted by molar-refractivity contribution is 0.0840. The molecule has 2 aromatic carbocycles. The molecule has 3 atom stereocenters. The first-order chi connectivity index (χ1) is 13.9. The van der Waals surface area contributed by atoms with Crippen molar-refractivity contribution in [2.75, 3.05) is 0 Å². The van der Waals surface area contributed by atoms with E-state index in [1.807, 2.05) is 30.3 Å². The molecule has 0 fully saturated rings. The fraction of sp³-hybridized carbons (Fsp3) is 0.400. The van der Waals surface area contributed by atoms with Gasteiger partial charge in [0.15, 0.2) is 5.78 Å². The molecule has 0 unspecified atom stereocenters. The van der Waals surface area contributed by atoms with E-state index in [2.05, 4.69) is 26.8 Å². The van der Waals surface area contributed by atoms with Crippen molar-refractivity contribution >= 4 is 5.78 Å². The van der Waals surface area contributed by atoms with Gasteiger partial charge in [-0.2, -0.15) is 0 Å². The normalized spacial score (nSPS) is 24.1. The van der Waals surface area contributed by atoms with Gasteiger partial charge >= 0.3 is 0 Å². The highest BCUT2D eigenvalue weighted by molar-refractivity contribution is 6.03. The molecule has 4 nitrogen and oxygen atoms in total. The minimum absolute atomic E-state index is 0.00985. The number of ether oxygens (including phenoxy) is 1. The molecule has 29 heavy (non-hydrogen) atoms. The van der Waals surface area contributed by atoms with Crippen molar-refractivity contribution in [1.82, 2.24) is 0 Å². The van der Waals surface area contributed by atoms with Crippen LogP contribution in [0.2, 0.25) is 0 Å². The van der Waals surface area contributed by atoms with Crippen LogP contribution in [0.25, 0.3) is 0 Å². The van der Waals surface area contributed by atoms with E-state index in [1.54, 1.807) is 0 Å². The van der Waals surface area contributed by atoms with E-state index in [1.165, 1.54) is 11.6 Å². The van der Waals surface area contributed by atoms with Gasteiger partial charge < -0.3 is 14.9 Å². The van der Waals surface area contributed by atoms with E-state index in [-0.39, 0.29) is 35.2 Å². The molecule has 0 saturated heterocycles. The van der Waals surface area contributed by atoms with Crippen LogP contribution in [0.1, 0.15) is 73.5 Å². The Kier molecular flexibility index (Phi) is 5.12. The molecule has 4 heteroatoms. The molecule has 2 aliphatic rings. The first kappa shape index (κ1) is 19.6. The predicted octanol–water partition coefficient (Wildman–Crippen LogP) is 5.90. The average molecular weight is 392 g/mol. The Morgan fingerprint density at radius 1 is 1.10 bits per heavy atom. The van der Waals surface area contributed by atoms with Crippen molar-refractivity contribution in [3.63, 3.8) is 0 Å². The summed E-state index contributed by atoms with van der Waals surface area (Å²) in [4.78, 5) is 13.0. The first-order valence-corrected chi connectivity index (χ1v) is 10.4. The molecule has 0 aromatic heterocycles. The van der Waals surface area contributed by atoms with Crippen LogP contribution >= 0.6 is 0 Å². The maximum Gasteiger partial charge on any atom is 0.174 e. The molecule has 0 amide bonds. The number of hydrogen-bond donors (Lipinski definition) is 2. The summed E-state index contributed by atoms with van der Waals surface area (Å²) in [5.41, 5.74) is 3.01. The van der Waals surface area contributed by atoms with Gasteiger partial charge in [0.25, 0.3) is 0 Å². The van der Waals surface area contributed by atoms with E-state index in [0.29, 0.717) is 23.1 Å². The molecule has 0 saturated carbocycles.